The third-order valence-corrected chi connectivity index (χ3v) is 5.40. The van der Waals surface area contributed by atoms with Crippen LogP contribution in [-0.2, 0) is 10.3 Å². The number of nitrogens with zero attached hydrogens (tertiary/aromatic N) is 4. The monoisotopic (exact) mass is 401 g/mol. The molecule has 3 aromatic heterocycles. The fourth-order valence-electron chi connectivity index (χ4n) is 3.39. The minimum atomic E-state index is -0.138. The second-order valence-electron chi connectivity index (χ2n) is 8.31. The Morgan fingerprint density at radius 1 is 1.25 bits per heavy atom. The van der Waals surface area contributed by atoms with Gasteiger partial charge >= 0.3 is 0 Å². The first-order valence-corrected chi connectivity index (χ1v) is 9.76. The average Bonchev–Trinajstić information content (AvgIpc) is 3.34. The van der Waals surface area contributed by atoms with Gasteiger partial charge in [0, 0.05) is 42.4 Å². The van der Waals surface area contributed by atoms with Gasteiger partial charge in [-0.3, -0.25) is 9.48 Å². The van der Waals surface area contributed by atoms with Crippen molar-refractivity contribution in [3.05, 3.63) is 35.9 Å². The van der Waals surface area contributed by atoms with Gasteiger partial charge in [-0.25, -0.2) is 4.52 Å². The number of nitrogens with one attached hydrogen (secondary N) is 1. The van der Waals surface area contributed by atoms with Gasteiger partial charge in [0.25, 0.3) is 0 Å². The Hall–Kier alpha value is -2.54. The molecule has 8 heteroatoms. The summed E-state index contributed by atoms with van der Waals surface area (Å²) in [5, 5.41) is 12.2. The van der Waals surface area contributed by atoms with Crippen molar-refractivity contribution < 1.29 is 9.53 Å². The number of ether oxygens (including phenoxy) is 1. The molecule has 1 amide bonds. The van der Waals surface area contributed by atoms with Crippen molar-refractivity contribution in [2.75, 3.05) is 6.54 Å². The van der Waals surface area contributed by atoms with Crippen LogP contribution in [0.2, 0.25) is 5.02 Å². The van der Waals surface area contributed by atoms with Crippen LogP contribution in [0.4, 0.5) is 0 Å². The zero-order chi connectivity index (χ0) is 20.1. The Balaban J connectivity index is 1.72. The summed E-state index contributed by atoms with van der Waals surface area (Å²) in [6.45, 7) is 8.92. The second-order valence-corrected chi connectivity index (χ2v) is 8.72. The van der Waals surface area contributed by atoms with E-state index in [2.05, 4.69) is 36.3 Å². The first-order valence-electron chi connectivity index (χ1n) is 9.38. The molecule has 28 heavy (non-hydrogen) atoms. The SMILES string of the molecule is C[C@@H](Oc1cc(-c2cnn(C(C)(C)C)c2)cn2ncc(Cl)c12)[C@H]1CNC(=O)C1. The summed E-state index contributed by atoms with van der Waals surface area (Å²) < 4.78 is 9.93. The highest BCUT2D eigenvalue weighted by Gasteiger charge is 2.29. The molecule has 4 heterocycles. The van der Waals surface area contributed by atoms with Gasteiger partial charge < -0.3 is 10.1 Å². The van der Waals surface area contributed by atoms with Gasteiger partial charge in [0.15, 0.2) is 0 Å². The van der Waals surface area contributed by atoms with E-state index in [-0.39, 0.29) is 23.5 Å². The minimum Gasteiger partial charge on any atom is -0.488 e. The third kappa shape index (κ3) is 3.46. The number of fused-ring (bicyclic) bond motifs is 1. The van der Waals surface area contributed by atoms with E-state index in [1.165, 1.54) is 0 Å². The molecule has 1 aliphatic rings. The van der Waals surface area contributed by atoms with Crippen molar-refractivity contribution in [3.8, 4) is 16.9 Å². The lowest BCUT2D eigenvalue weighted by Crippen LogP contribution is -2.25. The highest BCUT2D eigenvalue weighted by atomic mass is 35.5. The molecule has 0 aromatic carbocycles. The fraction of sp³-hybridized carbons (Fsp3) is 0.450. The van der Waals surface area contributed by atoms with Crippen LogP contribution in [0, 0.1) is 5.92 Å². The normalized spacial score (nSPS) is 18.5. The molecule has 7 nitrogen and oxygen atoms in total. The standard InChI is InChI=1S/C20H24ClN5O2/c1-12(13-6-18(27)22-7-13)28-17-5-14(10-25-19(17)16(21)9-23-25)15-8-24-26(11-15)20(2,3)4/h5,8-13H,6-7H2,1-4H3,(H,22,27)/t12-,13-/m1/s1. The zero-order valence-electron chi connectivity index (χ0n) is 16.4. The average molecular weight is 402 g/mol. The third-order valence-electron chi connectivity index (χ3n) is 5.12. The molecule has 1 fully saturated rings. The summed E-state index contributed by atoms with van der Waals surface area (Å²) in [5.74, 6) is 0.841. The lowest BCUT2D eigenvalue weighted by molar-refractivity contribution is -0.119. The first kappa shape index (κ1) is 18.8. The van der Waals surface area contributed by atoms with Gasteiger partial charge in [0.2, 0.25) is 5.91 Å². The van der Waals surface area contributed by atoms with Gasteiger partial charge in [0.1, 0.15) is 17.4 Å². The van der Waals surface area contributed by atoms with E-state index in [9.17, 15) is 4.79 Å². The van der Waals surface area contributed by atoms with Crippen LogP contribution < -0.4 is 10.1 Å². The molecule has 3 aromatic rings. The van der Waals surface area contributed by atoms with Crippen molar-refractivity contribution in [2.24, 2.45) is 5.92 Å². The van der Waals surface area contributed by atoms with Crippen molar-refractivity contribution in [1.82, 2.24) is 24.7 Å². The molecule has 0 spiro atoms. The number of carbonyl (C=O) groups excluding carboxylic acids is 1. The quantitative estimate of drug-likeness (QED) is 0.726. The Bertz CT molecular complexity index is 1030. The van der Waals surface area contributed by atoms with E-state index in [4.69, 9.17) is 16.3 Å². The molecule has 2 atom stereocenters. The van der Waals surface area contributed by atoms with E-state index in [0.29, 0.717) is 23.7 Å². The maximum absolute atomic E-state index is 11.5. The Kier molecular flexibility index (Phi) is 4.57. The first-order chi connectivity index (χ1) is 13.2. The number of rotatable bonds is 4. The topological polar surface area (TPSA) is 73.5 Å². The van der Waals surface area contributed by atoms with Gasteiger partial charge in [-0.15, -0.1) is 0 Å². The molecule has 0 radical (unpaired) electrons. The summed E-state index contributed by atoms with van der Waals surface area (Å²) in [6.07, 6.45) is 7.72. The van der Waals surface area contributed by atoms with E-state index >= 15 is 0 Å². The van der Waals surface area contributed by atoms with Crippen LogP contribution in [0.15, 0.2) is 30.9 Å². The number of pyridine rings is 1. The summed E-state index contributed by atoms with van der Waals surface area (Å²) >= 11 is 6.36. The summed E-state index contributed by atoms with van der Waals surface area (Å²) in [7, 11) is 0. The van der Waals surface area contributed by atoms with Gasteiger partial charge in [0.05, 0.1) is 23.0 Å². The molecule has 0 bridgehead atoms. The number of halogens is 1. The molecule has 4 rings (SSSR count). The maximum atomic E-state index is 11.5. The molecule has 0 aliphatic carbocycles. The van der Waals surface area contributed by atoms with E-state index in [0.717, 1.165) is 16.6 Å². The Morgan fingerprint density at radius 3 is 2.68 bits per heavy atom. The van der Waals surface area contributed by atoms with Crippen LogP contribution in [-0.4, -0.2) is 38.0 Å². The number of hydrogen-bond acceptors (Lipinski definition) is 4. The summed E-state index contributed by atoms with van der Waals surface area (Å²) in [6, 6.07) is 1.97. The molecule has 148 valence electrons. The number of aromatic nitrogens is 4. The summed E-state index contributed by atoms with van der Waals surface area (Å²) in [5.41, 5.74) is 2.52. The highest BCUT2D eigenvalue weighted by molar-refractivity contribution is 6.34. The molecular formula is C20H24ClN5O2. The van der Waals surface area contributed by atoms with Gasteiger partial charge in [-0.2, -0.15) is 10.2 Å². The zero-order valence-corrected chi connectivity index (χ0v) is 17.2. The van der Waals surface area contributed by atoms with Crippen molar-refractivity contribution >= 4 is 23.0 Å². The maximum Gasteiger partial charge on any atom is 0.220 e. The van der Waals surface area contributed by atoms with Crippen LogP contribution in [0.5, 0.6) is 5.75 Å². The van der Waals surface area contributed by atoms with Gasteiger partial charge in [-0.1, -0.05) is 11.6 Å². The largest absolute Gasteiger partial charge is 0.488 e. The molecule has 0 unspecified atom stereocenters. The van der Waals surface area contributed by atoms with Gasteiger partial charge in [-0.05, 0) is 33.8 Å². The van der Waals surface area contributed by atoms with Crippen LogP contribution in [0.1, 0.15) is 34.1 Å². The van der Waals surface area contributed by atoms with Crippen LogP contribution >= 0.6 is 11.6 Å². The van der Waals surface area contributed by atoms with E-state index in [1.807, 2.05) is 36.3 Å². The minimum absolute atomic E-state index is 0.0660. The van der Waals surface area contributed by atoms with Crippen molar-refractivity contribution in [2.45, 2.75) is 45.8 Å². The Labute approximate surface area is 168 Å². The fourth-order valence-corrected chi connectivity index (χ4v) is 3.61. The molecular weight excluding hydrogens is 378 g/mol. The lowest BCUT2D eigenvalue weighted by Gasteiger charge is -2.21. The Morgan fingerprint density at radius 2 is 2.04 bits per heavy atom. The molecule has 1 aliphatic heterocycles. The van der Waals surface area contributed by atoms with Crippen molar-refractivity contribution in [1.29, 1.82) is 0 Å². The van der Waals surface area contributed by atoms with Crippen molar-refractivity contribution in [3.63, 3.8) is 0 Å². The molecule has 1 N–H and O–H groups in total. The number of carbonyl (C=O) groups is 1. The van der Waals surface area contributed by atoms with E-state index < -0.39 is 0 Å². The van der Waals surface area contributed by atoms with Crippen LogP contribution in [0.3, 0.4) is 0 Å². The smallest absolute Gasteiger partial charge is 0.220 e. The molecule has 0 saturated carbocycles. The lowest BCUT2D eigenvalue weighted by atomic mass is 10.0. The predicted octanol–water partition coefficient (Wildman–Crippen LogP) is 3.51. The predicted molar refractivity (Wildman–Crippen MR) is 108 cm³/mol. The summed E-state index contributed by atoms with van der Waals surface area (Å²) in [4.78, 5) is 11.5. The highest BCUT2D eigenvalue weighted by Crippen LogP contribution is 2.34. The number of amides is 1. The second kappa shape index (κ2) is 6.81. The van der Waals surface area contributed by atoms with E-state index in [1.54, 1.807) is 10.7 Å². The molecule has 1 saturated heterocycles. The van der Waals surface area contributed by atoms with Crippen LogP contribution in [0.25, 0.3) is 16.6 Å². The number of hydrogen-bond donors (Lipinski definition) is 1.